The molecule has 3 rings (SSSR count). The number of halogens is 3. The third-order valence-electron chi connectivity index (χ3n) is 4.83. The van der Waals surface area contributed by atoms with Crippen LogP contribution >= 0.6 is 0 Å². The van der Waals surface area contributed by atoms with Gasteiger partial charge >= 0.3 is 24.0 Å². The van der Waals surface area contributed by atoms with Gasteiger partial charge in [-0.3, -0.25) is 9.59 Å². The van der Waals surface area contributed by atoms with Gasteiger partial charge in [-0.05, 0) is 73.5 Å². The molecule has 0 saturated heterocycles. The summed E-state index contributed by atoms with van der Waals surface area (Å²) < 4.78 is 43.7. The summed E-state index contributed by atoms with van der Waals surface area (Å²) in [5.74, 6) is -2.54. The van der Waals surface area contributed by atoms with Crippen LogP contribution < -0.4 is 15.5 Å². The number of rotatable bonds is 5. The Bertz CT molecular complexity index is 1290. The smallest absolute Gasteiger partial charge is 0.416 e. The zero-order valence-electron chi connectivity index (χ0n) is 18.6. The normalized spacial score (nSPS) is 11.5. The van der Waals surface area contributed by atoms with E-state index in [-0.39, 0.29) is 5.69 Å². The van der Waals surface area contributed by atoms with Crippen molar-refractivity contribution >= 4 is 29.2 Å². The van der Waals surface area contributed by atoms with E-state index in [9.17, 15) is 27.6 Å². The highest BCUT2D eigenvalue weighted by Gasteiger charge is 2.30. The van der Waals surface area contributed by atoms with E-state index in [0.29, 0.717) is 28.7 Å². The first-order chi connectivity index (χ1) is 16.5. The number of benzene rings is 3. The van der Waals surface area contributed by atoms with Crippen molar-refractivity contribution in [2.45, 2.75) is 20.0 Å². The second-order valence-electron chi connectivity index (χ2n) is 7.40. The van der Waals surface area contributed by atoms with Crippen LogP contribution in [0.15, 0.2) is 77.9 Å². The van der Waals surface area contributed by atoms with Crippen molar-refractivity contribution < 1.29 is 32.3 Å². The molecule has 7 nitrogen and oxygen atoms in total. The first kappa shape index (κ1) is 25.2. The summed E-state index contributed by atoms with van der Waals surface area (Å²) in [5, 5.41) is 5.92. The van der Waals surface area contributed by atoms with Crippen LogP contribution in [-0.2, 0) is 15.8 Å². The first-order valence-corrected chi connectivity index (χ1v) is 10.3. The standard InChI is InChI=1S/C25H20F3N3O4/c1-15-6-3-4-9-21(15)24(34)35-20-12-10-17(11-13-20)16(2)30-31-23(33)22(32)29-19-8-5-7-18(14-19)25(26,27)28/h3-14H,1-2H3,(H,29,32)(H,31,33). The van der Waals surface area contributed by atoms with Crippen molar-refractivity contribution in [2.24, 2.45) is 5.10 Å². The number of carbonyl (C=O) groups excluding carboxylic acids is 3. The summed E-state index contributed by atoms with van der Waals surface area (Å²) in [7, 11) is 0. The van der Waals surface area contributed by atoms with Gasteiger partial charge in [0.15, 0.2) is 0 Å². The molecule has 0 aliphatic heterocycles. The lowest BCUT2D eigenvalue weighted by Crippen LogP contribution is -2.33. The van der Waals surface area contributed by atoms with Crippen LogP contribution in [0.4, 0.5) is 18.9 Å². The second kappa shape index (κ2) is 10.6. The highest BCUT2D eigenvalue weighted by atomic mass is 19.4. The van der Waals surface area contributed by atoms with E-state index in [1.54, 1.807) is 56.3 Å². The van der Waals surface area contributed by atoms with Gasteiger partial charge in [0.2, 0.25) is 0 Å². The largest absolute Gasteiger partial charge is 0.423 e. The Morgan fingerprint density at radius 2 is 1.57 bits per heavy atom. The molecule has 180 valence electrons. The molecular formula is C25H20F3N3O4. The number of esters is 1. The molecule has 3 aromatic rings. The maximum absolute atomic E-state index is 12.8. The van der Waals surface area contributed by atoms with Crippen LogP contribution in [0.3, 0.4) is 0 Å². The molecule has 0 radical (unpaired) electrons. The van der Waals surface area contributed by atoms with Crippen LogP contribution in [0.1, 0.15) is 34.0 Å². The molecule has 10 heteroatoms. The molecule has 0 heterocycles. The third-order valence-corrected chi connectivity index (χ3v) is 4.83. The van der Waals surface area contributed by atoms with Crippen LogP contribution in [0.2, 0.25) is 0 Å². The maximum atomic E-state index is 12.8. The molecule has 0 spiro atoms. The van der Waals surface area contributed by atoms with Crippen molar-refractivity contribution in [3.05, 3.63) is 95.1 Å². The average Bonchev–Trinajstić information content (AvgIpc) is 2.82. The number of nitrogens with zero attached hydrogens (tertiary/aromatic N) is 1. The van der Waals surface area contributed by atoms with Gasteiger partial charge in [0, 0.05) is 5.69 Å². The molecule has 0 unspecified atom stereocenters. The Balaban J connectivity index is 1.58. The molecule has 2 N–H and O–H groups in total. The van der Waals surface area contributed by atoms with Crippen molar-refractivity contribution in [1.82, 2.24) is 5.43 Å². The van der Waals surface area contributed by atoms with E-state index in [2.05, 4.69) is 10.4 Å². The lowest BCUT2D eigenvalue weighted by molar-refractivity contribution is -0.137. The summed E-state index contributed by atoms with van der Waals surface area (Å²) in [6, 6.07) is 17.2. The van der Waals surface area contributed by atoms with Crippen LogP contribution in [-0.4, -0.2) is 23.5 Å². The van der Waals surface area contributed by atoms with Gasteiger partial charge < -0.3 is 10.1 Å². The number of carbonyl (C=O) groups is 3. The summed E-state index contributed by atoms with van der Waals surface area (Å²) in [6.07, 6.45) is -4.58. The summed E-state index contributed by atoms with van der Waals surface area (Å²) >= 11 is 0. The van der Waals surface area contributed by atoms with E-state index < -0.39 is 29.5 Å². The molecule has 0 saturated carbocycles. The second-order valence-corrected chi connectivity index (χ2v) is 7.40. The van der Waals surface area contributed by atoms with Gasteiger partial charge in [-0.25, -0.2) is 10.2 Å². The molecule has 0 aromatic heterocycles. The lowest BCUT2D eigenvalue weighted by atomic mass is 10.1. The molecule has 0 aliphatic rings. The van der Waals surface area contributed by atoms with Gasteiger partial charge in [-0.15, -0.1) is 0 Å². The zero-order valence-corrected chi connectivity index (χ0v) is 18.6. The lowest BCUT2D eigenvalue weighted by Gasteiger charge is -2.09. The van der Waals surface area contributed by atoms with E-state index in [1.165, 1.54) is 6.07 Å². The Labute approximate surface area is 198 Å². The number of anilines is 1. The number of hydrogen-bond donors (Lipinski definition) is 2. The quantitative estimate of drug-likeness (QED) is 0.181. The highest BCUT2D eigenvalue weighted by molar-refractivity contribution is 6.39. The topological polar surface area (TPSA) is 96.9 Å². The van der Waals surface area contributed by atoms with Crippen molar-refractivity contribution in [3.63, 3.8) is 0 Å². The third kappa shape index (κ3) is 6.76. The molecular weight excluding hydrogens is 463 g/mol. The summed E-state index contributed by atoms with van der Waals surface area (Å²) in [6.45, 7) is 3.37. The number of aryl methyl sites for hydroxylation is 1. The predicted octanol–water partition coefficient (Wildman–Crippen LogP) is 4.71. The fourth-order valence-electron chi connectivity index (χ4n) is 2.94. The van der Waals surface area contributed by atoms with E-state index in [0.717, 1.165) is 17.7 Å². The van der Waals surface area contributed by atoms with Crippen LogP contribution in [0.5, 0.6) is 5.75 Å². The highest BCUT2D eigenvalue weighted by Crippen LogP contribution is 2.30. The van der Waals surface area contributed by atoms with Crippen molar-refractivity contribution in [2.75, 3.05) is 5.32 Å². The molecule has 0 bridgehead atoms. The fourth-order valence-corrected chi connectivity index (χ4v) is 2.94. The number of nitrogens with one attached hydrogen (secondary N) is 2. The Morgan fingerprint density at radius 3 is 2.23 bits per heavy atom. The fraction of sp³-hybridized carbons (Fsp3) is 0.120. The average molecular weight is 483 g/mol. The van der Waals surface area contributed by atoms with Crippen LogP contribution in [0.25, 0.3) is 0 Å². The Hall–Kier alpha value is -4.47. The Kier molecular flexibility index (Phi) is 7.65. The number of hydrazone groups is 1. The minimum absolute atomic E-state index is 0.184. The zero-order chi connectivity index (χ0) is 25.6. The molecule has 35 heavy (non-hydrogen) atoms. The molecule has 0 atom stereocenters. The van der Waals surface area contributed by atoms with Gasteiger partial charge in [-0.2, -0.15) is 18.3 Å². The summed E-state index contributed by atoms with van der Waals surface area (Å²) in [4.78, 5) is 36.3. The van der Waals surface area contributed by atoms with Gasteiger partial charge in [-0.1, -0.05) is 24.3 Å². The summed E-state index contributed by atoms with van der Waals surface area (Å²) in [5.41, 5.74) is 3.04. The minimum Gasteiger partial charge on any atom is -0.423 e. The molecule has 2 amide bonds. The van der Waals surface area contributed by atoms with E-state index in [1.807, 2.05) is 11.5 Å². The van der Waals surface area contributed by atoms with Gasteiger partial charge in [0.1, 0.15) is 5.75 Å². The monoisotopic (exact) mass is 483 g/mol. The van der Waals surface area contributed by atoms with E-state index >= 15 is 0 Å². The Morgan fingerprint density at radius 1 is 0.886 bits per heavy atom. The first-order valence-electron chi connectivity index (χ1n) is 10.3. The number of alkyl halides is 3. The number of hydrogen-bond acceptors (Lipinski definition) is 5. The number of amides is 2. The SMILES string of the molecule is CC(=NNC(=O)C(=O)Nc1cccc(C(F)(F)F)c1)c1ccc(OC(=O)c2ccccc2C)cc1. The maximum Gasteiger partial charge on any atom is 0.416 e. The predicted molar refractivity (Wildman–Crippen MR) is 123 cm³/mol. The molecule has 3 aromatic carbocycles. The van der Waals surface area contributed by atoms with Gasteiger partial charge in [0.05, 0.1) is 16.8 Å². The molecule has 0 aliphatic carbocycles. The molecule has 0 fully saturated rings. The van der Waals surface area contributed by atoms with Crippen molar-refractivity contribution in [1.29, 1.82) is 0 Å². The minimum atomic E-state index is -4.58. The van der Waals surface area contributed by atoms with Crippen molar-refractivity contribution in [3.8, 4) is 5.75 Å². The van der Waals surface area contributed by atoms with Crippen LogP contribution in [0, 0.1) is 6.92 Å². The number of ether oxygens (including phenoxy) is 1. The van der Waals surface area contributed by atoms with Gasteiger partial charge in [0.25, 0.3) is 0 Å². The van der Waals surface area contributed by atoms with E-state index in [4.69, 9.17) is 4.74 Å².